The van der Waals surface area contributed by atoms with Gasteiger partial charge in [0.05, 0.1) is 17.4 Å². The zero-order valence-corrected chi connectivity index (χ0v) is 14.1. The first-order chi connectivity index (χ1) is 11.7. The SMILES string of the molecule is N#Cc1c(N2C(=O)C3C4C=CC(CC4)C3C2=O)sc2c1CCCC2. The van der Waals surface area contributed by atoms with Gasteiger partial charge in [0.2, 0.25) is 11.8 Å². The number of nitrogens with zero attached hydrogens (tertiary/aromatic N) is 2. The minimum absolute atomic E-state index is 0.0702. The maximum atomic E-state index is 13.1. The lowest BCUT2D eigenvalue weighted by molar-refractivity contribution is -0.124. The second-order valence-electron chi connectivity index (χ2n) is 7.36. The van der Waals surface area contributed by atoms with Crippen LogP contribution in [0.15, 0.2) is 12.2 Å². The number of carbonyl (C=O) groups is 2. The Labute approximate surface area is 144 Å². The van der Waals surface area contributed by atoms with Crippen LogP contribution in [0.4, 0.5) is 5.00 Å². The monoisotopic (exact) mass is 338 g/mol. The Bertz CT molecular complexity index is 799. The molecule has 0 radical (unpaired) electrons. The number of nitriles is 1. The topological polar surface area (TPSA) is 61.2 Å². The zero-order valence-electron chi connectivity index (χ0n) is 13.3. The maximum absolute atomic E-state index is 13.1. The summed E-state index contributed by atoms with van der Waals surface area (Å²) in [7, 11) is 0. The van der Waals surface area contributed by atoms with Crippen molar-refractivity contribution in [3.05, 3.63) is 28.2 Å². The maximum Gasteiger partial charge on any atom is 0.238 e. The molecular weight excluding hydrogens is 320 g/mol. The summed E-state index contributed by atoms with van der Waals surface area (Å²) in [5.41, 5.74) is 1.66. The summed E-state index contributed by atoms with van der Waals surface area (Å²) in [6.07, 6.45) is 10.3. The van der Waals surface area contributed by atoms with E-state index >= 15 is 0 Å². The lowest BCUT2D eigenvalue weighted by Gasteiger charge is -2.38. The van der Waals surface area contributed by atoms with E-state index in [9.17, 15) is 14.9 Å². The van der Waals surface area contributed by atoms with Gasteiger partial charge in [-0.15, -0.1) is 11.3 Å². The van der Waals surface area contributed by atoms with Crippen molar-refractivity contribution in [3.63, 3.8) is 0 Å². The lowest BCUT2D eigenvalue weighted by Crippen LogP contribution is -2.38. The molecule has 2 amide bonds. The molecule has 5 aliphatic rings. The van der Waals surface area contributed by atoms with Crippen LogP contribution in [-0.4, -0.2) is 11.8 Å². The van der Waals surface area contributed by atoms with Crippen molar-refractivity contribution in [1.29, 1.82) is 5.26 Å². The van der Waals surface area contributed by atoms with E-state index in [-0.39, 0.29) is 35.5 Å². The van der Waals surface area contributed by atoms with Gasteiger partial charge in [0.1, 0.15) is 11.1 Å². The summed E-state index contributed by atoms with van der Waals surface area (Å²) < 4.78 is 0. The highest BCUT2D eigenvalue weighted by atomic mass is 32.1. The number of amides is 2. The molecule has 0 N–H and O–H groups in total. The molecule has 122 valence electrons. The molecule has 4 nitrogen and oxygen atoms in total. The van der Waals surface area contributed by atoms with Crippen LogP contribution in [0.3, 0.4) is 0 Å². The predicted octanol–water partition coefficient (Wildman–Crippen LogP) is 3.20. The molecule has 0 spiro atoms. The summed E-state index contributed by atoms with van der Waals surface area (Å²) in [4.78, 5) is 28.8. The highest BCUT2D eigenvalue weighted by Crippen LogP contribution is 2.52. The van der Waals surface area contributed by atoms with E-state index in [1.165, 1.54) is 21.1 Å². The van der Waals surface area contributed by atoms with Gasteiger partial charge in [-0.05, 0) is 55.9 Å². The molecule has 6 rings (SSSR count). The van der Waals surface area contributed by atoms with Crippen LogP contribution in [0.5, 0.6) is 0 Å². The van der Waals surface area contributed by atoms with Crippen molar-refractivity contribution in [2.45, 2.75) is 38.5 Å². The number of fused-ring (bicyclic) bond motifs is 2. The van der Waals surface area contributed by atoms with E-state index in [4.69, 9.17) is 0 Å². The van der Waals surface area contributed by atoms with Crippen LogP contribution in [-0.2, 0) is 22.4 Å². The normalized spacial score (nSPS) is 33.5. The fourth-order valence-electron chi connectivity index (χ4n) is 5.10. The predicted molar refractivity (Wildman–Crippen MR) is 90.5 cm³/mol. The largest absolute Gasteiger partial charge is 0.274 e. The molecule has 1 saturated heterocycles. The van der Waals surface area contributed by atoms with Gasteiger partial charge in [0.25, 0.3) is 0 Å². The Morgan fingerprint density at radius 2 is 1.67 bits per heavy atom. The third kappa shape index (κ3) is 1.72. The Morgan fingerprint density at radius 3 is 2.25 bits per heavy atom. The molecule has 2 bridgehead atoms. The van der Waals surface area contributed by atoms with Gasteiger partial charge in [-0.2, -0.15) is 5.26 Å². The molecule has 2 fully saturated rings. The number of anilines is 1. The van der Waals surface area contributed by atoms with Crippen molar-refractivity contribution in [2.24, 2.45) is 23.7 Å². The fourth-order valence-corrected chi connectivity index (χ4v) is 6.45. The second kappa shape index (κ2) is 5.03. The molecule has 2 heterocycles. The minimum Gasteiger partial charge on any atom is -0.274 e. The number of aryl methyl sites for hydroxylation is 1. The van der Waals surface area contributed by atoms with Crippen LogP contribution in [0.2, 0.25) is 0 Å². The quantitative estimate of drug-likeness (QED) is 0.583. The summed E-state index contributed by atoms with van der Waals surface area (Å²) >= 11 is 1.50. The van der Waals surface area contributed by atoms with Gasteiger partial charge in [-0.3, -0.25) is 9.59 Å². The van der Waals surface area contributed by atoms with Crippen molar-refractivity contribution in [2.75, 3.05) is 4.90 Å². The summed E-state index contributed by atoms with van der Waals surface area (Å²) in [6, 6.07) is 2.29. The van der Waals surface area contributed by atoms with Crippen molar-refractivity contribution in [1.82, 2.24) is 0 Å². The molecular formula is C19H18N2O2S. The molecule has 0 aromatic carbocycles. The number of hydrogen-bond donors (Lipinski definition) is 0. The van der Waals surface area contributed by atoms with E-state index in [2.05, 4.69) is 18.2 Å². The third-order valence-electron chi connectivity index (χ3n) is 6.23. The summed E-state index contributed by atoms with van der Waals surface area (Å²) in [5, 5.41) is 10.3. The van der Waals surface area contributed by atoms with E-state index in [0.717, 1.165) is 44.1 Å². The summed E-state index contributed by atoms with van der Waals surface area (Å²) in [6.45, 7) is 0. The Morgan fingerprint density at radius 1 is 1.04 bits per heavy atom. The van der Waals surface area contributed by atoms with Crippen LogP contribution >= 0.6 is 11.3 Å². The van der Waals surface area contributed by atoms with E-state index in [0.29, 0.717) is 10.6 Å². The number of hydrogen-bond acceptors (Lipinski definition) is 4. The summed E-state index contributed by atoms with van der Waals surface area (Å²) in [5.74, 6) is -0.153. The number of carbonyl (C=O) groups excluding carboxylic acids is 2. The first-order valence-corrected chi connectivity index (χ1v) is 9.63. The smallest absolute Gasteiger partial charge is 0.238 e. The van der Waals surface area contributed by atoms with Gasteiger partial charge in [-0.25, -0.2) is 4.90 Å². The first-order valence-electron chi connectivity index (χ1n) is 8.81. The molecule has 1 aromatic heterocycles. The number of thiophene rings is 1. The highest BCUT2D eigenvalue weighted by Gasteiger charge is 2.57. The molecule has 4 aliphatic carbocycles. The fraction of sp³-hybridized carbons (Fsp3) is 0.526. The van der Waals surface area contributed by atoms with Gasteiger partial charge < -0.3 is 0 Å². The first kappa shape index (κ1) is 14.4. The minimum atomic E-state index is -0.202. The highest BCUT2D eigenvalue weighted by molar-refractivity contribution is 7.17. The Kier molecular flexibility index (Phi) is 3.02. The van der Waals surface area contributed by atoms with Gasteiger partial charge in [-0.1, -0.05) is 12.2 Å². The van der Waals surface area contributed by atoms with Crippen LogP contribution in [0.25, 0.3) is 0 Å². The number of rotatable bonds is 1. The van der Waals surface area contributed by atoms with Crippen LogP contribution in [0, 0.1) is 35.0 Å². The lowest BCUT2D eigenvalue weighted by atomic mass is 9.63. The second-order valence-corrected chi connectivity index (χ2v) is 8.44. The van der Waals surface area contributed by atoms with Crippen molar-refractivity contribution >= 4 is 28.2 Å². The van der Waals surface area contributed by atoms with E-state index in [1.54, 1.807) is 0 Å². The van der Waals surface area contributed by atoms with Gasteiger partial charge >= 0.3 is 0 Å². The standard InChI is InChI=1S/C19H18N2O2S/c20-9-13-12-3-1-2-4-14(12)24-19(13)21-17(22)15-10-5-6-11(8-7-10)16(15)18(21)23/h5-6,10-11,15-16H,1-4,7-8H2. The third-order valence-corrected chi connectivity index (χ3v) is 7.50. The number of imide groups is 1. The molecule has 1 saturated carbocycles. The average Bonchev–Trinajstić information content (AvgIpc) is 3.12. The van der Waals surface area contributed by atoms with E-state index < -0.39 is 0 Å². The average molecular weight is 338 g/mol. The van der Waals surface area contributed by atoms with Gasteiger partial charge in [0.15, 0.2) is 0 Å². The van der Waals surface area contributed by atoms with E-state index in [1.807, 2.05) is 0 Å². The van der Waals surface area contributed by atoms with Crippen LogP contribution in [0.1, 0.15) is 41.7 Å². The van der Waals surface area contributed by atoms with Gasteiger partial charge in [0, 0.05) is 4.88 Å². The zero-order chi connectivity index (χ0) is 16.4. The van der Waals surface area contributed by atoms with Crippen molar-refractivity contribution in [3.8, 4) is 6.07 Å². The number of allylic oxidation sites excluding steroid dienone is 2. The Hall–Kier alpha value is -1.93. The Balaban J connectivity index is 1.61. The molecule has 1 aliphatic heterocycles. The van der Waals surface area contributed by atoms with Crippen molar-refractivity contribution < 1.29 is 9.59 Å². The molecule has 5 heteroatoms. The van der Waals surface area contributed by atoms with Crippen LogP contribution < -0.4 is 4.90 Å². The molecule has 24 heavy (non-hydrogen) atoms. The molecule has 4 unspecified atom stereocenters. The molecule has 4 atom stereocenters. The molecule has 1 aromatic rings.